The van der Waals surface area contributed by atoms with Gasteiger partial charge in [-0.2, -0.15) is 0 Å². The highest BCUT2D eigenvalue weighted by Crippen LogP contribution is 2.30. The second-order valence-electron chi connectivity index (χ2n) is 4.85. The number of nitrogens with one attached hydrogen (secondary N) is 2. The second-order valence-corrected chi connectivity index (χ2v) is 5.99. The zero-order valence-electron chi connectivity index (χ0n) is 11.3. The smallest absolute Gasteiger partial charge is 0.0104 e. The third-order valence-corrected chi connectivity index (χ3v) is 4.55. The Balaban J connectivity index is 1.72. The molecule has 0 atom stereocenters. The van der Waals surface area contributed by atoms with E-state index in [2.05, 4.69) is 28.8 Å². The Morgan fingerprint density at radius 2 is 2.17 bits per heavy atom. The first-order chi connectivity index (χ1) is 8.90. The summed E-state index contributed by atoms with van der Waals surface area (Å²) in [6.07, 6.45) is 4.96. The standard InChI is InChI=1S/C15H24N2S/c1-16-8-3-9-17-10-7-13-5-6-15-14(12-13)4-2-11-18-15/h5-6,12,16-17H,2-4,7-11H2,1H3. The first-order valence-electron chi connectivity index (χ1n) is 7.00. The Labute approximate surface area is 115 Å². The zero-order chi connectivity index (χ0) is 12.6. The van der Waals surface area contributed by atoms with Crippen molar-refractivity contribution in [1.29, 1.82) is 0 Å². The van der Waals surface area contributed by atoms with Crippen LogP contribution in [0.3, 0.4) is 0 Å². The van der Waals surface area contributed by atoms with E-state index in [-0.39, 0.29) is 0 Å². The van der Waals surface area contributed by atoms with Gasteiger partial charge in [0.05, 0.1) is 0 Å². The molecule has 0 saturated heterocycles. The van der Waals surface area contributed by atoms with Crippen LogP contribution in [0.5, 0.6) is 0 Å². The molecule has 0 fully saturated rings. The Hall–Kier alpha value is -0.510. The summed E-state index contributed by atoms with van der Waals surface area (Å²) >= 11 is 2.01. The van der Waals surface area contributed by atoms with Crippen LogP contribution in [0.25, 0.3) is 0 Å². The van der Waals surface area contributed by atoms with Gasteiger partial charge >= 0.3 is 0 Å². The van der Waals surface area contributed by atoms with E-state index in [1.54, 1.807) is 5.56 Å². The molecule has 0 bridgehead atoms. The van der Waals surface area contributed by atoms with E-state index in [0.717, 1.165) is 26.1 Å². The minimum Gasteiger partial charge on any atom is -0.320 e. The number of thioether (sulfide) groups is 1. The van der Waals surface area contributed by atoms with Gasteiger partial charge < -0.3 is 10.6 Å². The molecule has 0 aromatic heterocycles. The minimum atomic E-state index is 1.09. The van der Waals surface area contributed by atoms with Crippen LogP contribution in [0.15, 0.2) is 23.1 Å². The molecular formula is C15H24N2S. The van der Waals surface area contributed by atoms with Crippen LogP contribution in [0.1, 0.15) is 24.0 Å². The predicted octanol–water partition coefficient (Wildman–Crippen LogP) is 2.47. The van der Waals surface area contributed by atoms with Crippen molar-refractivity contribution in [2.75, 3.05) is 32.4 Å². The fourth-order valence-electron chi connectivity index (χ4n) is 2.32. The van der Waals surface area contributed by atoms with E-state index >= 15 is 0 Å². The van der Waals surface area contributed by atoms with Gasteiger partial charge in [0.15, 0.2) is 0 Å². The van der Waals surface area contributed by atoms with Crippen molar-refractivity contribution in [2.45, 2.75) is 30.6 Å². The van der Waals surface area contributed by atoms with Crippen LogP contribution in [0, 0.1) is 0 Å². The molecule has 0 amide bonds. The highest BCUT2D eigenvalue weighted by atomic mass is 32.2. The monoisotopic (exact) mass is 264 g/mol. The van der Waals surface area contributed by atoms with Crippen molar-refractivity contribution < 1.29 is 0 Å². The van der Waals surface area contributed by atoms with Crippen molar-refractivity contribution in [2.24, 2.45) is 0 Å². The van der Waals surface area contributed by atoms with Gasteiger partial charge in [-0.05, 0) is 75.3 Å². The lowest BCUT2D eigenvalue weighted by Crippen LogP contribution is -2.22. The first-order valence-corrected chi connectivity index (χ1v) is 7.98. The highest BCUT2D eigenvalue weighted by Gasteiger charge is 2.09. The van der Waals surface area contributed by atoms with Crippen molar-refractivity contribution >= 4 is 11.8 Å². The third-order valence-electron chi connectivity index (χ3n) is 3.34. The fraction of sp³-hybridized carbons (Fsp3) is 0.600. The van der Waals surface area contributed by atoms with Crippen LogP contribution in [0.4, 0.5) is 0 Å². The van der Waals surface area contributed by atoms with E-state index in [4.69, 9.17) is 0 Å². The fourth-order valence-corrected chi connectivity index (χ4v) is 3.34. The quantitative estimate of drug-likeness (QED) is 0.740. The Morgan fingerprint density at radius 3 is 3.06 bits per heavy atom. The van der Waals surface area contributed by atoms with Crippen LogP contribution in [-0.4, -0.2) is 32.4 Å². The van der Waals surface area contributed by atoms with Crippen molar-refractivity contribution in [3.63, 3.8) is 0 Å². The molecule has 0 unspecified atom stereocenters. The Kier molecular flexibility index (Phi) is 6.05. The maximum atomic E-state index is 3.50. The predicted molar refractivity (Wildman–Crippen MR) is 80.6 cm³/mol. The van der Waals surface area contributed by atoms with E-state index in [1.807, 2.05) is 18.8 Å². The molecule has 1 heterocycles. The van der Waals surface area contributed by atoms with Crippen molar-refractivity contribution in [3.05, 3.63) is 29.3 Å². The number of rotatable bonds is 7. The zero-order valence-corrected chi connectivity index (χ0v) is 12.1. The van der Waals surface area contributed by atoms with Crippen LogP contribution in [-0.2, 0) is 12.8 Å². The number of fused-ring (bicyclic) bond motifs is 1. The molecule has 0 aliphatic carbocycles. The number of aryl methyl sites for hydroxylation is 1. The minimum absolute atomic E-state index is 1.09. The van der Waals surface area contributed by atoms with Crippen LogP contribution in [0.2, 0.25) is 0 Å². The van der Waals surface area contributed by atoms with E-state index in [1.165, 1.54) is 35.5 Å². The van der Waals surface area contributed by atoms with E-state index in [0.29, 0.717) is 0 Å². The molecule has 1 aliphatic rings. The third kappa shape index (κ3) is 4.30. The molecule has 3 heteroatoms. The summed E-state index contributed by atoms with van der Waals surface area (Å²) < 4.78 is 0. The topological polar surface area (TPSA) is 24.1 Å². The molecule has 1 aromatic carbocycles. The van der Waals surface area contributed by atoms with Crippen LogP contribution >= 0.6 is 11.8 Å². The van der Waals surface area contributed by atoms with Gasteiger partial charge in [-0.3, -0.25) is 0 Å². The largest absolute Gasteiger partial charge is 0.320 e. The Bertz CT molecular complexity index is 366. The van der Waals surface area contributed by atoms with Gasteiger partial charge in [0.25, 0.3) is 0 Å². The lowest BCUT2D eigenvalue weighted by molar-refractivity contribution is 0.624. The SMILES string of the molecule is CNCCCNCCc1ccc2c(c1)CCCS2. The van der Waals surface area contributed by atoms with Gasteiger partial charge in [0.1, 0.15) is 0 Å². The van der Waals surface area contributed by atoms with Gasteiger partial charge in [-0.1, -0.05) is 12.1 Å². The summed E-state index contributed by atoms with van der Waals surface area (Å²) in [6.45, 7) is 3.31. The number of benzene rings is 1. The molecule has 18 heavy (non-hydrogen) atoms. The summed E-state index contributed by atoms with van der Waals surface area (Å²) in [5.74, 6) is 1.29. The van der Waals surface area contributed by atoms with Crippen molar-refractivity contribution in [3.8, 4) is 0 Å². The lowest BCUT2D eigenvalue weighted by Gasteiger charge is -2.16. The van der Waals surface area contributed by atoms with Gasteiger partial charge in [0, 0.05) is 4.90 Å². The van der Waals surface area contributed by atoms with Gasteiger partial charge in [-0.15, -0.1) is 11.8 Å². The summed E-state index contributed by atoms with van der Waals surface area (Å²) in [5.41, 5.74) is 3.05. The molecule has 2 rings (SSSR count). The number of hydrogen-bond donors (Lipinski definition) is 2. The van der Waals surface area contributed by atoms with E-state index in [9.17, 15) is 0 Å². The van der Waals surface area contributed by atoms with Crippen molar-refractivity contribution in [1.82, 2.24) is 10.6 Å². The summed E-state index contributed by atoms with van der Waals surface area (Å²) in [4.78, 5) is 1.51. The molecule has 100 valence electrons. The van der Waals surface area contributed by atoms with E-state index < -0.39 is 0 Å². The molecule has 0 saturated carbocycles. The van der Waals surface area contributed by atoms with Gasteiger partial charge in [0.2, 0.25) is 0 Å². The average molecular weight is 264 g/mol. The Morgan fingerprint density at radius 1 is 1.22 bits per heavy atom. The molecule has 2 nitrogen and oxygen atoms in total. The summed E-state index contributed by atoms with van der Waals surface area (Å²) in [5, 5.41) is 6.67. The molecule has 0 radical (unpaired) electrons. The highest BCUT2D eigenvalue weighted by molar-refractivity contribution is 7.99. The lowest BCUT2D eigenvalue weighted by atomic mass is 10.0. The van der Waals surface area contributed by atoms with Gasteiger partial charge in [-0.25, -0.2) is 0 Å². The first kappa shape index (κ1) is 13.9. The molecule has 2 N–H and O–H groups in total. The second kappa shape index (κ2) is 7.82. The summed E-state index contributed by atoms with van der Waals surface area (Å²) in [6, 6.07) is 7.03. The maximum Gasteiger partial charge on any atom is 0.0104 e. The summed E-state index contributed by atoms with van der Waals surface area (Å²) in [7, 11) is 2.01. The van der Waals surface area contributed by atoms with Crippen LogP contribution < -0.4 is 10.6 Å². The normalized spacial score (nSPS) is 14.5. The molecular weight excluding hydrogens is 240 g/mol. The average Bonchev–Trinajstić information content (AvgIpc) is 2.42. The molecule has 1 aromatic rings. The molecule has 1 aliphatic heterocycles. The maximum absolute atomic E-state index is 3.50. The molecule has 0 spiro atoms. The number of hydrogen-bond acceptors (Lipinski definition) is 3.